The van der Waals surface area contributed by atoms with Crippen molar-refractivity contribution in [2.45, 2.75) is 24.3 Å². The average Bonchev–Trinajstić information content (AvgIpc) is 3.16. The summed E-state index contributed by atoms with van der Waals surface area (Å²) in [4.78, 5) is 0.242. The molecule has 0 aromatic heterocycles. The fourth-order valence-electron chi connectivity index (χ4n) is 3.28. The third-order valence-electron chi connectivity index (χ3n) is 4.87. The van der Waals surface area contributed by atoms with Crippen LogP contribution in [0.15, 0.2) is 91.7 Å². The predicted octanol–water partition coefficient (Wildman–Crippen LogP) is 6.06. The molecule has 7 heteroatoms. The molecule has 1 aliphatic rings. The van der Waals surface area contributed by atoms with Crippen molar-refractivity contribution in [2.24, 2.45) is 5.10 Å². The number of nitrogens with zero attached hydrogens (tertiary/aromatic N) is 2. The van der Waals surface area contributed by atoms with Gasteiger partial charge in [0.2, 0.25) is 0 Å². The maximum atomic E-state index is 13.4. The van der Waals surface area contributed by atoms with Crippen LogP contribution in [0.1, 0.15) is 29.2 Å². The highest BCUT2D eigenvalue weighted by molar-refractivity contribution is 9.10. The maximum Gasteiger partial charge on any atom is 0.279 e. The smallest absolute Gasteiger partial charge is 0.200 e. The Kier molecular flexibility index (Phi) is 5.64. The summed E-state index contributed by atoms with van der Waals surface area (Å²) in [5, 5.41) is 4.57. The van der Waals surface area contributed by atoms with Gasteiger partial charge in [0.1, 0.15) is 0 Å². The van der Waals surface area contributed by atoms with Crippen LogP contribution in [-0.2, 0) is 10.0 Å². The van der Waals surface area contributed by atoms with Crippen LogP contribution in [0.4, 0.5) is 0 Å². The summed E-state index contributed by atoms with van der Waals surface area (Å²) in [7, 11) is -3.79. The molecule has 0 unspecified atom stereocenters. The van der Waals surface area contributed by atoms with Gasteiger partial charge in [0.05, 0.1) is 16.6 Å². The molecule has 3 aromatic rings. The van der Waals surface area contributed by atoms with Crippen molar-refractivity contribution in [3.63, 3.8) is 0 Å². The van der Waals surface area contributed by atoms with Crippen molar-refractivity contribution in [1.29, 1.82) is 0 Å². The van der Waals surface area contributed by atoms with E-state index in [2.05, 4.69) is 37.0 Å². The lowest BCUT2D eigenvalue weighted by molar-refractivity contribution is 0.371. The minimum absolute atomic E-state index is 0.242. The van der Waals surface area contributed by atoms with Crippen LogP contribution in [-0.4, -0.2) is 18.5 Å². The summed E-state index contributed by atoms with van der Waals surface area (Å²) in [5.41, 5.74) is 3.58. The second-order valence-corrected chi connectivity index (χ2v) is 10.5. The first-order valence-electron chi connectivity index (χ1n) is 9.04. The molecule has 0 N–H and O–H groups in total. The first kappa shape index (κ1) is 20.3. The van der Waals surface area contributed by atoms with E-state index >= 15 is 0 Å². The Morgan fingerprint density at radius 1 is 0.862 bits per heavy atom. The van der Waals surface area contributed by atoms with Crippen molar-refractivity contribution >= 4 is 47.6 Å². The summed E-state index contributed by atoms with van der Waals surface area (Å²) < 4.78 is 30.0. The summed E-state index contributed by atoms with van der Waals surface area (Å²) in [6.07, 6.45) is 0.508. The van der Waals surface area contributed by atoms with Crippen LogP contribution >= 0.6 is 31.9 Å². The van der Waals surface area contributed by atoms with Crippen molar-refractivity contribution in [3.8, 4) is 0 Å². The molecule has 1 aliphatic heterocycles. The Morgan fingerprint density at radius 3 is 2.00 bits per heavy atom. The van der Waals surface area contributed by atoms with E-state index in [9.17, 15) is 8.42 Å². The molecule has 4 rings (SSSR count). The van der Waals surface area contributed by atoms with Gasteiger partial charge in [-0.05, 0) is 54.4 Å². The molecule has 3 aromatic carbocycles. The fraction of sp³-hybridized carbons (Fsp3) is 0.136. The standard InChI is InChI=1S/C22H18Br2N2O2S/c1-15-2-12-20(13-3-15)29(27,28)26-22(17-6-10-19(24)11-7-17)14-21(25-26)16-4-8-18(23)9-5-16/h2-13,22H,14H2,1H3/t22-/m1/s1. The van der Waals surface area contributed by atoms with Crippen molar-refractivity contribution < 1.29 is 8.42 Å². The van der Waals surface area contributed by atoms with E-state index in [1.54, 1.807) is 24.3 Å². The molecule has 0 spiro atoms. The Labute approximate surface area is 187 Å². The highest BCUT2D eigenvalue weighted by atomic mass is 79.9. The number of hydrogen-bond donors (Lipinski definition) is 0. The van der Waals surface area contributed by atoms with Crippen LogP contribution in [0.5, 0.6) is 0 Å². The molecule has 0 amide bonds. The zero-order valence-corrected chi connectivity index (χ0v) is 19.6. The van der Waals surface area contributed by atoms with E-state index in [1.807, 2.05) is 55.5 Å². The minimum atomic E-state index is -3.79. The van der Waals surface area contributed by atoms with Gasteiger partial charge in [0.15, 0.2) is 0 Å². The number of hydrogen-bond acceptors (Lipinski definition) is 3. The number of aryl methyl sites for hydroxylation is 1. The first-order chi connectivity index (χ1) is 13.8. The van der Waals surface area contributed by atoms with Crippen LogP contribution < -0.4 is 0 Å². The number of rotatable bonds is 4. The topological polar surface area (TPSA) is 49.7 Å². The minimum Gasteiger partial charge on any atom is -0.200 e. The van der Waals surface area contributed by atoms with Crippen LogP contribution in [0, 0.1) is 6.92 Å². The molecular weight excluding hydrogens is 516 g/mol. The fourth-order valence-corrected chi connectivity index (χ4v) is 5.24. The Morgan fingerprint density at radius 2 is 1.41 bits per heavy atom. The highest BCUT2D eigenvalue weighted by Gasteiger charge is 2.37. The molecule has 0 fully saturated rings. The van der Waals surface area contributed by atoms with Crippen LogP contribution in [0.25, 0.3) is 0 Å². The molecule has 1 atom stereocenters. The predicted molar refractivity (Wildman–Crippen MR) is 122 cm³/mol. The van der Waals surface area contributed by atoms with E-state index in [0.29, 0.717) is 6.42 Å². The lowest BCUT2D eigenvalue weighted by Gasteiger charge is -2.23. The Balaban J connectivity index is 1.79. The number of hydrazone groups is 1. The quantitative estimate of drug-likeness (QED) is 0.409. The molecule has 0 aliphatic carbocycles. The monoisotopic (exact) mass is 532 g/mol. The van der Waals surface area contributed by atoms with Crippen molar-refractivity contribution in [2.75, 3.05) is 0 Å². The van der Waals surface area contributed by atoms with Gasteiger partial charge in [-0.2, -0.15) is 17.9 Å². The molecular formula is C22H18Br2N2O2S. The molecule has 1 heterocycles. The SMILES string of the molecule is Cc1ccc(S(=O)(=O)N2N=C(c3ccc(Br)cc3)C[C@@H]2c2ccc(Br)cc2)cc1. The molecule has 0 radical (unpaired) electrons. The summed E-state index contributed by atoms with van der Waals surface area (Å²) in [5.74, 6) is 0. The third kappa shape index (κ3) is 4.17. The summed E-state index contributed by atoms with van der Waals surface area (Å²) in [6, 6.07) is 22.0. The second kappa shape index (κ2) is 8.05. The van der Waals surface area contributed by atoms with E-state index in [0.717, 1.165) is 31.3 Å². The van der Waals surface area contributed by atoms with Gasteiger partial charge in [-0.15, -0.1) is 0 Å². The van der Waals surface area contributed by atoms with Crippen LogP contribution in [0.2, 0.25) is 0 Å². The second-order valence-electron chi connectivity index (χ2n) is 6.92. The van der Waals surface area contributed by atoms with Gasteiger partial charge in [-0.1, -0.05) is 73.8 Å². The number of benzene rings is 3. The van der Waals surface area contributed by atoms with Gasteiger partial charge < -0.3 is 0 Å². The van der Waals surface area contributed by atoms with Gasteiger partial charge in [-0.25, -0.2) is 0 Å². The van der Waals surface area contributed by atoms with Crippen molar-refractivity contribution in [3.05, 3.63) is 98.4 Å². The third-order valence-corrected chi connectivity index (χ3v) is 7.62. The largest absolute Gasteiger partial charge is 0.279 e. The molecule has 148 valence electrons. The lowest BCUT2D eigenvalue weighted by Crippen LogP contribution is -2.27. The summed E-state index contributed by atoms with van der Waals surface area (Å²) >= 11 is 6.88. The molecule has 29 heavy (non-hydrogen) atoms. The first-order valence-corrected chi connectivity index (χ1v) is 12.1. The zero-order valence-electron chi connectivity index (χ0n) is 15.6. The number of sulfonamides is 1. The van der Waals surface area contributed by atoms with E-state index in [1.165, 1.54) is 4.41 Å². The lowest BCUT2D eigenvalue weighted by atomic mass is 9.99. The van der Waals surface area contributed by atoms with Gasteiger partial charge in [0, 0.05) is 15.4 Å². The van der Waals surface area contributed by atoms with Gasteiger partial charge in [-0.3, -0.25) is 0 Å². The maximum absolute atomic E-state index is 13.4. The summed E-state index contributed by atoms with van der Waals surface area (Å²) in [6.45, 7) is 1.93. The highest BCUT2D eigenvalue weighted by Crippen LogP contribution is 2.37. The number of halogens is 2. The zero-order chi connectivity index (χ0) is 20.6. The normalized spacial score (nSPS) is 16.7. The average molecular weight is 534 g/mol. The van der Waals surface area contributed by atoms with Gasteiger partial charge >= 0.3 is 0 Å². The molecule has 0 bridgehead atoms. The Bertz CT molecular complexity index is 1160. The van der Waals surface area contributed by atoms with Crippen LogP contribution in [0.3, 0.4) is 0 Å². The van der Waals surface area contributed by atoms with Crippen molar-refractivity contribution in [1.82, 2.24) is 4.41 Å². The molecule has 0 saturated heterocycles. The molecule has 4 nitrogen and oxygen atoms in total. The van der Waals surface area contributed by atoms with Gasteiger partial charge in [0.25, 0.3) is 10.0 Å². The molecule has 0 saturated carbocycles. The van der Waals surface area contributed by atoms with E-state index in [4.69, 9.17) is 0 Å². The van der Waals surface area contributed by atoms with E-state index < -0.39 is 16.1 Å². The Hall–Kier alpha value is -1.96. The van der Waals surface area contributed by atoms with E-state index in [-0.39, 0.29) is 4.90 Å².